The summed E-state index contributed by atoms with van der Waals surface area (Å²) in [6.07, 6.45) is 5.31. The Kier molecular flexibility index (Phi) is 2.96. The molecule has 0 spiro atoms. The summed E-state index contributed by atoms with van der Waals surface area (Å²) in [5.41, 5.74) is 6.47. The van der Waals surface area contributed by atoms with E-state index in [0.29, 0.717) is 6.10 Å². The Morgan fingerprint density at radius 3 is 2.57 bits per heavy atom. The van der Waals surface area contributed by atoms with Gasteiger partial charge >= 0.3 is 0 Å². The molecular weight excluding hydrogens is 242 g/mol. The molecule has 0 aliphatic heterocycles. The van der Waals surface area contributed by atoms with Crippen molar-refractivity contribution in [2.24, 2.45) is 0 Å². The van der Waals surface area contributed by atoms with Crippen LogP contribution < -0.4 is 10.5 Å². The lowest BCUT2D eigenvalue weighted by Gasteiger charge is -2.13. The van der Waals surface area contributed by atoms with Gasteiger partial charge < -0.3 is 10.5 Å². The van der Waals surface area contributed by atoms with Crippen LogP contribution in [-0.2, 0) is 0 Å². The third-order valence-corrected chi connectivity index (χ3v) is 2.96. The van der Waals surface area contributed by atoms with Crippen molar-refractivity contribution in [3.05, 3.63) is 22.7 Å². The van der Waals surface area contributed by atoms with Gasteiger partial charge in [-0.1, -0.05) is 15.9 Å². The number of halogens is 1. The number of rotatable bonds is 2. The van der Waals surface area contributed by atoms with E-state index in [1.807, 2.05) is 18.2 Å². The summed E-state index contributed by atoms with van der Waals surface area (Å²) in [6.45, 7) is 0. The number of ether oxygens (including phenoxy) is 1. The molecule has 1 aromatic carbocycles. The first-order chi connectivity index (χ1) is 6.74. The van der Waals surface area contributed by atoms with E-state index in [-0.39, 0.29) is 0 Å². The molecule has 76 valence electrons. The van der Waals surface area contributed by atoms with Gasteiger partial charge in [-0.3, -0.25) is 0 Å². The molecule has 0 radical (unpaired) electrons. The summed E-state index contributed by atoms with van der Waals surface area (Å²) in [6, 6.07) is 5.72. The van der Waals surface area contributed by atoms with E-state index >= 15 is 0 Å². The number of anilines is 1. The molecule has 2 rings (SSSR count). The first-order valence-corrected chi connectivity index (χ1v) is 5.76. The van der Waals surface area contributed by atoms with Gasteiger partial charge in [0, 0.05) is 16.2 Å². The largest absolute Gasteiger partial charge is 0.490 e. The molecule has 0 heterocycles. The Bertz CT molecular complexity index is 301. The van der Waals surface area contributed by atoms with E-state index in [1.165, 1.54) is 25.7 Å². The normalized spacial score (nSPS) is 17.2. The van der Waals surface area contributed by atoms with Crippen LogP contribution in [0.2, 0.25) is 0 Å². The van der Waals surface area contributed by atoms with Gasteiger partial charge in [0.2, 0.25) is 0 Å². The Morgan fingerprint density at radius 1 is 1.21 bits per heavy atom. The number of benzene rings is 1. The van der Waals surface area contributed by atoms with Crippen molar-refractivity contribution in [3.63, 3.8) is 0 Å². The fourth-order valence-corrected chi connectivity index (χ4v) is 2.34. The van der Waals surface area contributed by atoms with Crippen LogP contribution in [0.5, 0.6) is 5.75 Å². The molecule has 0 atom stereocenters. The smallest absolute Gasteiger partial charge is 0.122 e. The van der Waals surface area contributed by atoms with Crippen LogP contribution in [0.3, 0.4) is 0 Å². The minimum atomic E-state index is 0.392. The average molecular weight is 256 g/mol. The third-order valence-electron chi connectivity index (χ3n) is 2.50. The zero-order chi connectivity index (χ0) is 9.97. The van der Waals surface area contributed by atoms with Gasteiger partial charge in [-0.05, 0) is 37.8 Å². The SMILES string of the molecule is Nc1cc(Br)cc(OC2CCCC2)c1. The van der Waals surface area contributed by atoms with Gasteiger partial charge in [-0.2, -0.15) is 0 Å². The van der Waals surface area contributed by atoms with Crippen molar-refractivity contribution in [1.82, 2.24) is 0 Å². The Morgan fingerprint density at radius 2 is 1.93 bits per heavy atom. The molecule has 0 amide bonds. The highest BCUT2D eigenvalue weighted by molar-refractivity contribution is 9.10. The minimum Gasteiger partial charge on any atom is -0.490 e. The van der Waals surface area contributed by atoms with Crippen molar-refractivity contribution >= 4 is 21.6 Å². The van der Waals surface area contributed by atoms with Crippen LogP contribution >= 0.6 is 15.9 Å². The van der Waals surface area contributed by atoms with Crippen LogP contribution in [0.25, 0.3) is 0 Å². The van der Waals surface area contributed by atoms with Crippen molar-refractivity contribution < 1.29 is 4.74 Å². The molecular formula is C11H14BrNO. The van der Waals surface area contributed by atoms with E-state index in [1.54, 1.807) is 0 Å². The molecule has 0 bridgehead atoms. The van der Waals surface area contributed by atoms with E-state index in [4.69, 9.17) is 10.5 Å². The van der Waals surface area contributed by atoms with Crippen LogP contribution in [-0.4, -0.2) is 6.10 Å². The molecule has 0 saturated heterocycles. The Hall–Kier alpha value is -0.700. The predicted molar refractivity (Wildman–Crippen MR) is 61.4 cm³/mol. The maximum Gasteiger partial charge on any atom is 0.122 e. The summed E-state index contributed by atoms with van der Waals surface area (Å²) < 4.78 is 6.80. The summed E-state index contributed by atoms with van der Waals surface area (Å²) in [4.78, 5) is 0. The molecule has 1 saturated carbocycles. The van der Waals surface area contributed by atoms with Gasteiger partial charge in [0.1, 0.15) is 5.75 Å². The highest BCUT2D eigenvalue weighted by atomic mass is 79.9. The maximum absolute atomic E-state index is 5.83. The lowest BCUT2D eigenvalue weighted by atomic mass is 10.3. The highest BCUT2D eigenvalue weighted by Crippen LogP contribution is 2.27. The lowest BCUT2D eigenvalue weighted by Crippen LogP contribution is -2.10. The van der Waals surface area contributed by atoms with Gasteiger partial charge in [-0.15, -0.1) is 0 Å². The second-order valence-electron chi connectivity index (χ2n) is 3.74. The lowest BCUT2D eigenvalue weighted by molar-refractivity contribution is 0.210. The zero-order valence-electron chi connectivity index (χ0n) is 8.00. The van der Waals surface area contributed by atoms with Crippen molar-refractivity contribution in [1.29, 1.82) is 0 Å². The standard InChI is InChI=1S/C11H14BrNO/c12-8-5-9(13)7-11(6-8)14-10-3-1-2-4-10/h5-7,10H,1-4,13H2. The predicted octanol–water partition coefficient (Wildman–Crippen LogP) is 3.35. The first-order valence-electron chi connectivity index (χ1n) is 4.97. The summed E-state index contributed by atoms with van der Waals surface area (Å²) in [7, 11) is 0. The summed E-state index contributed by atoms with van der Waals surface area (Å²) >= 11 is 3.40. The molecule has 1 aliphatic carbocycles. The topological polar surface area (TPSA) is 35.2 Å². The molecule has 1 aliphatic rings. The van der Waals surface area contributed by atoms with Crippen LogP contribution in [0, 0.1) is 0 Å². The van der Waals surface area contributed by atoms with Crippen molar-refractivity contribution in [2.75, 3.05) is 5.73 Å². The van der Waals surface area contributed by atoms with Crippen molar-refractivity contribution in [3.8, 4) is 5.75 Å². The molecule has 0 aromatic heterocycles. The maximum atomic E-state index is 5.83. The van der Waals surface area contributed by atoms with E-state index in [0.717, 1.165) is 15.9 Å². The van der Waals surface area contributed by atoms with Crippen molar-refractivity contribution in [2.45, 2.75) is 31.8 Å². The number of hydrogen-bond acceptors (Lipinski definition) is 2. The second-order valence-corrected chi connectivity index (χ2v) is 4.66. The fraction of sp³-hybridized carbons (Fsp3) is 0.455. The van der Waals surface area contributed by atoms with Gasteiger partial charge in [-0.25, -0.2) is 0 Å². The monoisotopic (exact) mass is 255 g/mol. The number of nitrogens with two attached hydrogens (primary N) is 1. The second kappa shape index (κ2) is 4.22. The summed E-state index contributed by atoms with van der Waals surface area (Å²) in [5, 5.41) is 0. The number of hydrogen-bond donors (Lipinski definition) is 1. The third kappa shape index (κ3) is 2.41. The molecule has 2 N–H and O–H groups in total. The first kappa shape index (κ1) is 9.84. The van der Waals surface area contributed by atoms with E-state index < -0.39 is 0 Å². The van der Waals surface area contributed by atoms with E-state index in [9.17, 15) is 0 Å². The Labute approximate surface area is 92.6 Å². The minimum absolute atomic E-state index is 0.392. The zero-order valence-corrected chi connectivity index (χ0v) is 9.59. The molecule has 0 unspecified atom stereocenters. The highest BCUT2D eigenvalue weighted by Gasteiger charge is 2.16. The molecule has 14 heavy (non-hydrogen) atoms. The van der Waals surface area contributed by atoms with Gasteiger partial charge in [0.05, 0.1) is 6.10 Å². The van der Waals surface area contributed by atoms with Crippen LogP contribution in [0.15, 0.2) is 22.7 Å². The van der Waals surface area contributed by atoms with E-state index in [2.05, 4.69) is 15.9 Å². The van der Waals surface area contributed by atoms with Gasteiger partial charge in [0.15, 0.2) is 0 Å². The Balaban J connectivity index is 2.07. The average Bonchev–Trinajstić information content (AvgIpc) is 2.54. The van der Waals surface area contributed by atoms with Crippen LogP contribution in [0.4, 0.5) is 5.69 Å². The molecule has 1 aromatic rings. The molecule has 3 heteroatoms. The molecule has 1 fully saturated rings. The number of nitrogen functional groups attached to an aromatic ring is 1. The quantitative estimate of drug-likeness (QED) is 0.823. The summed E-state index contributed by atoms with van der Waals surface area (Å²) in [5.74, 6) is 0.878. The van der Waals surface area contributed by atoms with Gasteiger partial charge in [0.25, 0.3) is 0 Å². The fourth-order valence-electron chi connectivity index (χ4n) is 1.85. The van der Waals surface area contributed by atoms with Crippen LogP contribution in [0.1, 0.15) is 25.7 Å². The molecule has 2 nitrogen and oxygen atoms in total.